The molecule has 2 heterocycles. The third-order valence-electron chi connectivity index (χ3n) is 3.34. The number of carbonyl (C=O) groups is 3. The largest absolute Gasteiger partial charge is 0.548 e. The van der Waals surface area contributed by atoms with Crippen LogP contribution in [0, 0.1) is 0 Å². The van der Waals surface area contributed by atoms with Gasteiger partial charge in [0, 0.05) is 16.0 Å². The van der Waals surface area contributed by atoms with E-state index in [9.17, 15) is 19.5 Å². The van der Waals surface area contributed by atoms with Gasteiger partial charge in [0.25, 0.3) is 11.8 Å². The number of thiophene rings is 1. The molecule has 0 atom stereocenters. The fourth-order valence-corrected chi connectivity index (χ4v) is 3.73. The van der Waals surface area contributed by atoms with Gasteiger partial charge >= 0.3 is 0 Å². The number of nitrogens with zero attached hydrogens (tertiary/aromatic N) is 1. The molecule has 0 saturated carbocycles. The normalized spacial score (nSPS) is 15.9. The van der Waals surface area contributed by atoms with Crippen molar-refractivity contribution in [3.63, 3.8) is 0 Å². The van der Waals surface area contributed by atoms with Crippen LogP contribution in [0.15, 0.2) is 40.2 Å². The van der Waals surface area contributed by atoms with Crippen LogP contribution in [0.25, 0.3) is 11.6 Å². The molecule has 0 aliphatic carbocycles. The molecule has 1 aliphatic heterocycles. The van der Waals surface area contributed by atoms with Gasteiger partial charge in [-0.05, 0) is 45.8 Å². The first-order chi connectivity index (χ1) is 11.0. The minimum absolute atomic E-state index is 0.288. The van der Waals surface area contributed by atoms with E-state index in [-0.39, 0.29) is 5.57 Å². The van der Waals surface area contributed by atoms with Crippen molar-refractivity contribution in [1.29, 1.82) is 0 Å². The van der Waals surface area contributed by atoms with E-state index in [0.717, 1.165) is 8.66 Å². The third-order valence-corrected chi connectivity index (χ3v) is 4.91. The van der Waals surface area contributed by atoms with Gasteiger partial charge in [0.05, 0.1) is 16.3 Å². The second-order valence-electron chi connectivity index (χ2n) is 4.81. The van der Waals surface area contributed by atoms with Gasteiger partial charge in [-0.1, -0.05) is 18.2 Å². The van der Waals surface area contributed by atoms with E-state index in [2.05, 4.69) is 15.9 Å². The van der Waals surface area contributed by atoms with Gasteiger partial charge in [-0.15, -0.1) is 11.3 Å². The average molecular weight is 391 g/mol. The molecule has 0 saturated heterocycles. The molecule has 1 aliphatic rings. The standard InChI is InChI=1S/C16H10BrNO4S/c17-13-6-5-9(23-13)7-12-10-3-1-2-4-11(10)15(21)18(16(12)22)8-14(19)20/h1-7H,8H2,(H,19,20)/p-1. The lowest BCUT2D eigenvalue weighted by atomic mass is 9.93. The number of fused-ring (bicyclic) bond motifs is 1. The van der Waals surface area contributed by atoms with Crippen LogP contribution in [0.5, 0.6) is 0 Å². The van der Waals surface area contributed by atoms with Crippen LogP contribution in [-0.4, -0.2) is 29.2 Å². The third kappa shape index (κ3) is 2.97. The van der Waals surface area contributed by atoms with E-state index in [4.69, 9.17) is 0 Å². The van der Waals surface area contributed by atoms with Crippen molar-refractivity contribution < 1.29 is 19.5 Å². The fourth-order valence-electron chi connectivity index (χ4n) is 2.36. The van der Waals surface area contributed by atoms with Gasteiger partial charge < -0.3 is 9.90 Å². The van der Waals surface area contributed by atoms with Crippen LogP contribution in [0.1, 0.15) is 20.8 Å². The average Bonchev–Trinajstić information content (AvgIpc) is 2.93. The summed E-state index contributed by atoms with van der Waals surface area (Å²) in [6.45, 7) is -0.766. The molecule has 2 aromatic rings. The number of hydrogen-bond acceptors (Lipinski definition) is 5. The van der Waals surface area contributed by atoms with Gasteiger partial charge in [0.1, 0.15) is 0 Å². The Labute approximate surface area is 144 Å². The fraction of sp³-hybridized carbons (Fsp3) is 0.0625. The highest BCUT2D eigenvalue weighted by Crippen LogP contribution is 2.32. The molecule has 7 heteroatoms. The number of carboxylic acid groups (broad SMARTS) is 1. The number of imide groups is 1. The summed E-state index contributed by atoms with van der Waals surface area (Å²) in [7, 11) is 0. The molecule has 1 aromatic carbocycles. The van der Waals surface area contributed by atoms with Crippen LogP contribution >= 0.6 is 27.3 Å². The van der Waals surface area contributed by atoms with E-state index in [1.165, 1.54) is 11.3 Å². The molecule has 0 bridgehead atoms. The first-order valence-corrected chi connectivity index (χ1v) is 8.21. The van der Waals surface area contributed by atoms with Gasteiger partial charge in [-0.3, -0.25) is 14.5 Å². The molecule has 0 unspecified atom stereocenters. The molecule has 2 amide bonds. The zero-order chi connectivity index (χ0) is 16.6. The van der Waals surface area contributed by atoms with Crippen LogP contribution in [-0.2, 0) is 9.59 Å². The van der Waals surface area contributed by atoms with Gasteiger partial charge in [0.2, 0.25) is 0 Å². The molecule has 0 fully saturated rings. The van der Waals surface area contributed by atoms with E-state index >= 15 is 0 Å². The molecule has 0 radical (unpaired) electrons. The van der Waals surface area contributed by atoms with Crippen molar-refractivity contribution in [2.24, 2.45) is 0 Å². The molecular formula is C16H9BrNO4S-. The van der Waals surface area contributed by atoms with Crippen LogP contribution in [0.2, 0.25) is 0 Å². The second kappa shape index (κ2) is 6.10. The van der Waals surface area contributed by atoms with Crippen molar-refractivity contribution in [3.8, 4) is 0 Å². The summed E-state index contributed by atoms with van der Waals surface area (Å²) in [4.78, 5) is 37.3. The van der Waals surface area contributed by atoms with Gasteiger partial charge in [-0.25, -0.2) is 0 Å². The topological polar surface area (TPSA) is 77.5 Å². The van der Waals surface area contributed by atoms with Crippen molar-refractivity contribution in [1.82, 2.24) is 4.90 Å². The Kier molecular flexibility index (Phi) is 4.14. The van der Waals surface area contributed by atoms with E-state index < -0.39 is 24.3 Å². The number of aliphatic carboxylic acids is 1. The Morgan fingerprint density at radius 3 is 2.43 bits per heavy atom. The van der Waals surface area contributed by atoms with Crippen molar-refractivity contribution in [2.75, 3.05) is 6.54 Å². The zero-order valence-electron chi connectivity index (χ0n) is 11.6. The Bertz CT molecular complexity index is 855. The Morgan fingerprint density at radius 1 is 1.13 bits per heavy atom. The monoisotopic (exact) mass is 390 g/mol. The molecule has 1 aromatic heterocycles. The zero-order valence-corrected chi connectivity index (χ0v) is 14.0. The van der Waals surface area contributed by atoms with E-state index in [1.807, 2.05) is 12.1 Å². The van der Waals surface area contributed by atoms with Gasteiger partial charge in [0.15, 0.2) is 0 Å². The maximum atomic E-state index is 12.6. The smallest absolute Gasteiger partial charge is 0.261 e. The summed E-state index contributed by atoms with van der Waals surface area (Å²) < 4.78 is 0.906. The van der Waals surface area contributed by atoms with Crippen LogP contribution in [0.4, 0.5) is 0 Å². The highest BCUT2D eigenvalue weighted by atomic mass is 79.9. The Hall–Kier alpha value is -2.25. The van der Waals surface area contributed by atoms with Gasteiger partial charge in [-0.2, -0.15) is 0 Å². The number of rotatable bonds is 3. The Balaban J connectivity index is 2.15. The number of halogens is 1. The number of carboxylic acids is 1. The molecule has 3 rings (SSSR count). The second-order valence-corrected chi connectivity index (χ2v) is 7.31. The summed E-state index contributed by atoms with van der Waals surface area (Å²) in [5.41, 5.74) is 1.09. The summed E-state index contributed by atoms with van der Waals surface area (Å²) in [6.07, 6.45) is 1.66. The predicted octanol–water partition coefficient (Wildman–Crippen LogP) is 1.78. The summed E-state index contributed by atoms with van der Waals surface area (Å²) in [6, 6.07) is 10.3. The van der Waals surface area contributed by atoms with Crippen LogP contribution in [0.3, 0.4) is 0 Å². The first-order valence-electron chi connectivity index (χ1n) is 6.60. The van der Waals surface area contributed by atoms with E-state index in [1.54, 1.807) is 30.3 Å². The van der Waals surface area contributed by atoms with E-state index in [0.29, 0.717) is 16.0 Å². The quantitative estimate of drug-likeness (QED) is 0.591. The van der Waals surface area contributed by atoms with Crippen molar-refractivity contribution >= 4 is 56.7 Å². The SMILES string of the molecule is O=C([O-])CN1C(=O)C(=Cc2ccc(Br)s2)c2ccccc2C1=O. The number of hydrogen-bond donors (Lipinski definition) is 0. The highest BCUT2D eigenvalue weighted by molar-refractivity contribution is 9.11. The van der Waals surface area contributed by atoms with Crippen LogP contribution < -0.4 is 5.11 Å². The molecule has 116 valence electrons. The number of carbonyl (C=O) groups excluding carboxylic acids is 3. The van der Waals surface area contributed by atoms with Crippen molar-refractivity contribution in [2.45, 2.75) is 0 Å². The number of amides is 2. The summed E-state index contributed by atoms with van der Waals surface area (Å²) >= 11 is 4.78. The number of benzene rings is 1. The lowest BCUT2D eigenvalue weighted by Crippen LogP contribution is -2.47. The maximum Gasteiger partial charge on any atom is 0.261 e. The molecular weight excluding hydrogens is 382 g/mol. The molecule has 5 nitrogen and oxygen atoms in total. The molecule has 0 N–H and O–H groups in total. The lowest BCUT2D eigenvalue weighted by molar-refractivity contribution is -0.305. The minimum Gasteiger partial charge on any atom is -0.548 e. The summed E-state index contributed by atoms with van der Waals surface area (Å²) in [5, 5.41) is 10.9. The maximum absolute atomic E-state index is 12.6. The molecule has 0 spiro atoms. The summed E-state index contributed by atoms with van der Waals surface area (Å²) in [5.74, 6) is -2.74. The first kappa shape index (κ1) is 15.6. The minimum atomic E-state index is -1.48. The Morgan fingerprint density at radius 2 is 1.83 bits per heavy atom. The lowest BCUT2D eigenvalue weighted by Gasteiger charge is -2.28. The highest BCUT2D eigenvalue weighted by Gasteiger charge is 2.34. The molecule has 23 heavy (non-hydrogen) atoms. The van der Waals surface area contributed by atoms with Crippen molar-refractivity contribution in [3.05, 3.63) is 56.2 Å². The predicted molar refractivity (Wildman–Crippen MR) is 87.4 cm³/mol.